The summed E-state index contributed by atoms with van der Waals surface area (Å²) in [6, 6.07) is 16.5. The summed E-state index contributed by atoms with van der Waals surface area (Å²) in [7, 11) is 1.94. The Hall–Kier alpha value is -1.54. The molecule has 0 heterocycles. The zero-order valence-corrected chi connectivity index (χ0v) is 11.2. The number of rotatable bonds is 3. The average molecular weight is 288 g/mol. The van der Waals surface area contributed by atoms with Crippen molar-refractivity contribution in [2.24, 2.45) is 0 Å². The van der Waals surface area contributed by atoms with Crippen LogP contribution < -0.4 is 5.32 Å². The second kappa shape index (κ2) is 5.69. The molecule has 0 unspecified atom stereocenters. The van der Waals surface area contributed by atoms with E-state index >= 15 is 0 Å². The Morgan fingerprint density at radius 1 is 0.941 bits per heavy atom. The molecule has 17 heavy (non-hydrogen) atoms. The summed E-state index contributed by atoms with van der Waals surface area (Å²) in [5, 5.41) is 3.18. The molecule has 0 aromatic heterocycles. The van der Waals surface area contributed by atoms with Crippen molar-refractivity contribution >= 4 is 33.8 Å². The first-order chi connectivity index (χ1) is 8.29. The van der Waals surface area contributed by atoms with Gasteiger partial charge >= 0.3 is 0 Å². The third-order valence-electron chi connectivity index (χ3n) is 2.56. The molecule has 0 radical (unpaired) electrons. The van der Waals surface area contributed by atoms with E-state index in [1.165, 1.54) is 11.1 Å². The summed E-state index contributed by atoms with van der Waals surface area (Å²) in [4.78, 5) is 0. The SMILES string of the molecule is CNc1ccccc1/C=C/c1ccc(Br)cc1. The Morgan fingerprint density at radius 2 is 1.65 bits per heavy atom. The van der Waals surface area contributed by atoms with Gasteiger partial charge in [-0.1, -0.05) is 58.4 Å². The van der Waals surface area contributed by atoms with E-state index in [1.54, 1.807) is 0 Å². The van der Waals surface area contributed by atoms with Crippen LogP contribution in [0.3, 0.4) is 0 Å². The first-order valence-electron chi connectivity index (χ1n) is 5.50. The summed E-state index contributed by atoms with van der Waals surface area (Å²) in [6.07, 6.45) is 4.23. The van der Waals surface area contributed by atoms with Crippen molar-refractivity contribution in [1.29, 1.82) is 0 Å². The van der Waals surface area contributed by atoms with E-state index in [0.717, 1.165) is 10.2 Å². The molecule has 2 aromatic carbocycles. The molecule has 0 aliphatic heterocycles. The normalized spacial score (nSPS) is 10.7. The maximum atomic E-state index is 3.43. The number of hydrogen-bond donors (Lipinski definition) is 1. The highest BCUT2D eigenvalue weighted by molar-refractivity contribution is 9.10. The van der Waals surface area contributed by atoms with Gasteiger partial charge in [0.1, 0.15) is 0 Å². The van der Waals surface area contributed by atoms with Crippen LogP contribution in [0.1, 0.15) is 11.1 Å². The fraction of sp³-hybridized carbons (Fsp3) is 0.0667. The quantitative estimate of drug-likeness (QED) is 0.810. The lowest BCUT2D eigenvalue weighted by Gasteiger charge is -2.04. The topological polar surface area (TPSA) is 12.0 Å². The van der Waals surface area contributed by atoms with Gasteiger partial charge in [0.25, 0.3) is 0 Å². The van der Waals surface area contributed by atoms with E-state index in [2.05, 4.69) is 57.7 Å². The molecule has 0 spiro atoms. The minimum absolute atomic E-state index is 1.10. The van der Waals surface area contributed by atoms with Crippen molar-refractivity contribution in [3.63, 3.8) is 0 Å². The van der Waals surface area contributed by atoms with E-state index in [1.807, 2.05) is 31.3 Å². The van der Waals surface area contributed by atoms with Gasteiger partial charge < -0.3 is 5.32 Å². The third kappa shape index (κ3) is 3.21. The Morgan fingerprint density at radius 3 is 2.35 bits per heavy atom. The molecule has 2 heteroatoms. The van der Waals surface area contributed by atoms with Gasteiger partial charge in [0.05, 0.1) is 0 Å². The Kier molecular flexibility index (Phi) is 3.99. The maximum Gasteiger partial charge on any atom is 0.0411 e. The molecule has 0 amide bonds. The van der Waals surface area contributed by atoms with Crippen molar-refractivity contribution in [3.05, 3.63) is 64.1 Å². The smallest absolute Gasteiger partial charge is 0.0411 e. The van der Waals surface area contributed by atoms with Gasteiger partial charge in [0.2, 0.25) is 0 Å². The average Bonchev–Trinajstić information content (AvgIpc) is 2.38. The summed E-state index contributed by atoms with van der Waals surface area (Å²) < 4.78 is 1.10. The van der Waals surface area contributed by atoms with Crippen molar-refractivity contribution in [1.82, 2.24) is 0 Å². The van der Waals surface area contributed by atoms with Gasteiger partial charge in [0.15, 0.2) is 0 Å². The number of benzene rings is 2. The van der Waals surface area contributed by atoms with E-state index < -0.39 is 0 Å². The number of halogens is 1. The standard InChI is InChI=1S/C15H14BrN/c1-17-15-5-3-2-4-13(15)9-6-12-7-10-14(16)11-8-12/h2-11,17H,1H3/b9-6+. The molecule has 2 aromatic rings. The highest BCUT2D eigenvalue weighted by Crippen LogP contribution is 2.18. The highest BCUT2D eigenvalue weighted by Gasteiger charge is 1.94. The van der Waals surface area contributed by atoms with Gasteiger partial charge in [-0.25, -0.2) is 0 Å². The summed E-state index contributed by atoms with van der Waals surface area (Å²) in [6.45, 7) is 0. The molecule has 0 aliphatic carbocycles. The zero-order chi connectivity index (χ0) is 12.1. The predicted octanol–water partition coefficient (Wildman–Crippen LogP) is 4.66. The number of hydrogen-bond acceptors (Lipinski definition) is 1. The van der Waals surface area contributed by atoms with Gasteiger partial charge in [-0.2, -0.15) is 0 Å². The molecule has 0 bridgehead atoms. The lowest BCUT2D eigenvalue weighted by molar-refractivity contribution is 1.49. The molecule has 0 saturated heterocycles. The van der Waals surface area contributed by atoms with Gasteiger partial charge in [-0.15, -0.1) is 0 Å². The number of anilines is 1. The first-order valence-corrected chi connectivity index (χ1v) is 6.29. The van der Waals surface area contributed by atoms with Gasteiger partial charge in [0, 0.05) is 17.2 Å². The minimum atomic E-state index is 1.10. The Bertz CT molecular complexity index is 515. The molecule has 1 nitrogen and oxygen atoms in total. The fourth-order valence-electron chi connectivity index (χ4n) is 1.63. The molecular weight excluding hydrogens is 274 g/mol. The lowest BCUT2D eigenvalue weighted by Crippen LogP contribution is -1.90. The summed E-state index contributed by atoms with van der Waals surface area (Å²) >= 11 is 3.43. The maximum absolute atomic E-state index is 3.43. The van der Waals surface area contributed by atoms with E-state index in [4.69, 9.17) is 0 Å². The summed E-state index contributed by atoms with van der Waals surface area (Å²) in [5.41, 5.74) is 3.53. The monoisotopic (exact) mass is 287 g/mol. The molecule has 0 aliphatic rings. The molecular formula is C15H14BrN. The Balaban J connectivity index is 2.22. The molecule has 0 fully saturated rings. The van der Waals surface area contributed by atoms with Crippen LogP contribution in [0.25, 0.3) is 12.2 Å². The van der Waals surface area contributed by atoms with Crippen LogP contribution in [0.5, 0.6) is 0 Å². The van der Waals surface area contributed by atoms with E-state index in [0.29, 0.717) is 0 Å². The fourth-order valence-corrected chi connectivity index (χ4v) is 1.89. The molecule has 0 saturated carbocycles. The second-order valence-corrected chi connectivity index (χ2v) is 4.64. The molecule has 86 valence electrons. The van der Waals surface area contributed by atoms with Crippen LogP contribution in [0.2, 0.25) is 0 Å². The van der Waals surface area contributed by atoms with Crippen LogP contribution in [0.15, 0.2) is 53.0 Å². The van der Waals surface area contributed by atoms with E-state index in [-0.39, 0.29) is 0 Å². The molecule has 2 rings (SSSR count). The minimum Gasteiger partial charge on any atom is -0.388 e. The van der Waals surface area contributed by atoms with Gasteiger partial charge in [-0.05, 0) is 29.3 Å². The number of para-hydroxylation sites is 1. The van der Waals surface area contributed by atoms with Crippen molar-refractivity contribution < 1.29 is 0 Å². The lowest BCUT2D eigenvalue weighted by atomic mass is 10.1. The number of nitrogens with one attached hydrogen (secondary N) is 1. The second-order valence-electron chi connectivity index (χ2n) is 3.72. The molecule has 1 N–H and O–H groups in total. The van der Waals surface area contributed by atoms with Crippen LogP contribution >= 0.6 is 15.9 Å². The predicted molar refractivity (Wildman–Crippen MR) is 79.1 cm³/mol. The van der Waals surface area contributed by atoms with Crippen LogP contribution in [0.4, 0.5) is 5.69 Å². The van der Waals surface area contributed by atoms with Crippen LogP contribution in [-0.2, 0) is 0 Å². The van der Waals surface area contributed by atoms with Crippen molar-refractivity contribution in [2.75, 3.05) is 12.4 Å². The largest absolute Gasteiger partial charge is 0.388 e. The third-order valence-corrected chi connectivity index (χ3v) is 3.08. The summed E-state index contributed by atoms with van der Waals surface area (Å²) in [5.74, 6) is 0. The molecule has 0 atom stereocenters. The Labute approximate surface area is 110 Å². The van der Waals surface area contributed by atoms with Crippen molar-refractivity contribution in [2.45, 2.75) is 0 Å². The first kappa shape index (κ1) is 11.9. The van der Waals surface area contributed by atoms with Crippen molar-refractivity contribution in [3.8, 4) is 0 Å². The highest BCUT2D eigenvalue weighted by atomic mass is 79.9. The van der Waals surface area contributed by atoms with Crippen LogP contribution in [-0.4, -0.2) is 7.05 Å². The van der Waals surface area contributed by atoms with Gasteiger partial charge in [-0.3, -0.25) is 0 Å². The zero-order valence-electron chi connectivity index (χ0n) is 9.65. The van der Waals surface area contributed by atoms with Crippen LogP contribution in [0, 0.1) is 0 Å². The van der Waals surface area contributed by atoms with E-state index in [9.17, 15) is 0 Å².